The Hall–Kier alpha value is -2.17. The summed E-state index contributed by atoms with van der Waals surface area (Å²) in [4.78, 5) is 15.6. The molecule has 1 N–H and O–H groups in total. The van der Waals surface area contributed by atoms with Crippen molar-refractivity contribution in [3.63, 3.8) is 0 Å². The van der Waals surface area contributed by atoms with E-state index in [4.69, 9.17) is 11.6 Å². The van der Waals surface area contributed by atoms with Gasteiger partial charge in [0.1, 0.15) is 5.01 Å². The predicted molar refractivity (Wildman–Crippen MR) is 97.8 cm³/mol. The van der Waals surface area contributed by atoms with E-state index in [2.05, 4.69) is 4.98 Å². The number of hydrogen-bond acceptors (Lipinski definition) is 3. The monoisotopic (exact) mass is 357 g/mol. The molecule has 0 saturated heterocycles. The van der Waals surface area contributed by atoms with Gasteiger partial charge in [-0.3, -0.25) is 4.79 Å². The topological polar surface area (TPSA) is 50.2 Å². The molecular formula is C19H16ClNO2S. The third kappa shape index (κ3) is 3.50. The average molecular weight is 358 g/mol. The number of carboxylic acid groups (broad SMARTS) is 1. The molecule has 1 atom stereocenters. The van der Waals surface area contributed by atoms with Crippen LogP contribution in [0.5, 0.6) is 0 Å². The molecule has 3 aromatic rings. The summed E-state index contributed by atoms with van der Waals surface area (Å²) < 4.78 is 0. The van der Waals surface area contributed by atoms with Crippen molar-refractivity contribution in [2.75, 3.05) is 0 Å². The molecule has 122 valence electrons. The maximum Gasteiger partial charge on any atom is 0.304 e. The highest BCUT2D eigenvalue weighted by Gasteiger charge is 2.21. The molecule has 24 heavy (non-hydrogen) atoms. The molecule has 0 radical (unpaired) electrons. The summed E-state index contributed by atoms with van der Waals surface area (Å²) in [6.07, 6.45) is 1.72. The van der Waals surface area contributed by atoms with Crippen LogP contribution in [0.25, 0.3) is 11.1 Å². The van der Waals surface area contributed by atoms with E-state index < -0.39 is 5.97 Å². The minimum atomic E-state index is -0.839. The maximum absolute atomic E-state index is 11.3. The molecule has 0 amide bonds. The number of hydrogen-bond donors (Lipinski definition) is 1. The molecule has 0 aliphatic heterocycles. The summed E-state index contributed by atoms with van der Waals surface area (Å²) in [5, 5.41) is 12.7. The molecule has 0 fully saturated rings. The van der Waals surface area contributed by atoms with Crippen LogP contribution in [0.1, 0.15) is 28.5 Å². The SMILES string of the molecule is Cc1cccc(-c2cccc(C(CC(=O)O)c3nccs3)c2)c1Cl. The van der Waals surface area contributed by atoms with E-state index in [1.165, 1.54) is 11.3 Å². The number of thiazole rings is 1. The van der Waals surface area contributed by atoms with Crippen molar-refractivity contribution >= 4 is 28.9 Å². The fraction of sp³-hybridized carbons (Fsp3) is 0.158. The van der Waals surface area contributed by atoms with Crippen LogP contribution in [0, 0.1) is 6.92 Å². The molecule has 3 rings (SSSR count). The number of aliphatic carboxylic acids is 1. The van der Waals surface area contributed by atoms with Gasteiger partial charge >= 0.3 is 5.97 Å². The van der Waals surface area contributed by atoms with Crippen molar-refractivity contribution in [3.8, 4) is 11.1 Å². The highest BCUT2D eigenvalue weighted by Crippen LogP contribution is 2.35. The lowest BCUT2D eigenvalue weighted by Gasteiger charge is -2.15. The molecular weight excluding hydrogens is 342 g/mol. The molecule has 0 spiro atoms. The van der Waals surface area contributed by atoms with Crippen LogP contribution in [-0.4, -0.2) is 16.1 Å². The van der Waals surface area contributed by atoms with Crippen molar-refractivity contribution in [1.82, 2.24) is 4.98 Å². The second kappa shape index (κ2) is 7.16. The van der Waals surface area contributed by atoms with E-state index in [1.807, 2.05) is 54.8 Å². The summed E-state index contributed by atoms with van der Waals surface area (Å²) in [5.41, 5.74) is 3.88. The average Bonchev–Trinajstić information content (AvgIpc) is 3.09. The molecule has 0 bridgehead atoms. The first kappa shape index (κ1) is 16.7. The molecule has 1 heterocycles. The summed E-state index contributed by atoms with van der Waals surface area (Å²) >= 11 is 7.91. The lowest BCUT2D eigenvalue weighted by molar-refractivity contribution is -0.137. The quantitative estimate of drug-likeness (QED) is 0.667. The zero-order valence-corrected chi connectivity index (χ0v) is 14.6. The van der Waals surface area contributed by atoms with Gasteiger partial charge in [0.05, 0.1) is 11.4 Å². The van der Waals surface area contributed by atoms with Crippen molar-refractivity contribution in [1.29, 1.82) is 0 Å². The maximum atomic E-state index is 11.3. The Balaban J connectivity index is 2.05. The minimum Gasteiger partial charge on any atom is -0.481 e. The largest absolute Gasteiger partial charge is 0.481 e. The normalized spacial score (nSPS) is 12.1. The van der Waals surface area contributed by atoms with Gasteiger partial charge in [0.25, 0.3) is 0 Å². The van der Waals surface area contributed by atoms with Gasteiger partial charge < -0.3 is 5.11 Å². The summed E-state index contributed by atoms with van der Waals surface area (Å²) in [6.45, 7) is 1.97. The number of aromatic nitrogens is 1. The van der Waals surface area contributed by atoms with Gasteiger partial charge in [-0.1, -0.05) is 54.1 Å². The van der Waals surface area contributed by atoms with Crippen molar-refractivity contribution in [2.45, 2.75) is 19.3 Å². The second-order valence-corrected chi connectivity index (χ2v) is 6.89. The van der Waals surface area contributed by atoms with Crippen LogP contribution in [0.3, 0.4) is 0 Å². The third-order valence-corrected chi connectivity index (χ3v) is 5.31. The third-order valence-electron chi connectivity index (χ3n) is 3.92. The number of carboxylic acids is 1. The summed E-state index contributed by atoms with van der Waals surface area (Å²) in [7, 11) is 0. The van der Waals surface area contributed by atoms with Gasteiger partial charge in [-0.25, -0.2) is 4.98 Å². The van der Waals surface area contributed by atoms with E-state index >= 15 is 0 Å². The Kier molecular flexibility index (Phi) is 4.97. The molecule has 5 heteroatoms. The number of rotatable bonds is 5. The van der Waals surface area contributed by atoms with Crippen LogP contribution in [0.2, 0.25) is 5.02 Å². The lowest BCUT2D eigenvalue weighted by atomic mass is 9.92. The number of halogens is 1. The van der Waals surface area contributed by atoms with E-state index in [-0.39, 0.29) is 12.3 Å². The van der Waals surface area contributed by atoms with Gasteiger partial charge in [0.2, 0.25) is 0 Å². The molecule has 1 unspecified atom stereocenters. The molecule has 0 aliphatic carbocycles. The Morgan fingerprint density at radius 2 is 2.08 bits per heavy atom. The van der Waals surface area contributed by atoms with Crippen LogP contribution >= 0.6 is 22.9 Å². The highest BCUT2D eigenvalue weighted by atomic mass is 35.5. The van der Waals surface area contributed by atoms with Gasteiger partial charge in [-0.2, -0.15) is 0 Å². The standard InChI is InChI=1S/C19H16ClNO2S/c1-12-4-2-7-15(18(12)20)13-5-3-6-14(10-13)16(11-17(22)23)19-21-8-9-24-19/h2-10,16H,11H2,1H3,(H,22,23). The van der Waals surface area contributed by atoms with E-state index in [1.54, 1.807) is 6.20 Å². The van der Waals surface area contributed by atoms with Gasteiger partial charge in [0.15, 0.2) is 0 Å². The first-order valence-corrected chi connectivity index (χ1v) is 8.78. The van der Waals surface area contributed by atoms with Crippen molar-refractivity contribution in [3.05, 3.63) is 75.2 Å². The van der Waals surface area contributed by atoms with Crippen molar-refractivity contribution < 1.29 is 9.90 Å². The van der Waals surface area contributed by atoms with Crippen LogP contribution in [0.4, 0.5) is 0 Å². The van der Waals surface area contributed by atoms with Crippen LogP contribution < -0.4 is 0 Å². The number of aryl methyl sites for hydroxylation is 1. The first-order valence-electron chi connectivity index (χ1n) is 7.53. The Labute approximate surface area is 149 Å². The summed E-state index contributed by atoms with van der Waals surface area (Å²) in [6, 6.07) is 13.8. The zero-order chi connectivity index (χ0) is 17.1. The van der Waals surface area contributed by atoms with E-state index in [9.17, 15) is 9.90 Å². The fourth-order valence-electron chi connectivity index (χ4n) is 2.72. The van der Waals surface area contributed by atoms with Crippen LogP contribution in [-0.2, 0) is 4.79 Å². The Bertz CT molecular complexity index is 862. The molecule has 3 nitrogen and oxygen atoms in total. The Morgan fingerprint density at radius 1 is 1.29 bits per heavy atom. The highest BCUT2D eigenvalue weighted by molar-refractivity contribution is 7.09. The molecule has 0 saturated carbocycles. The molecule has 0 aliphatic rings. The van der Waals surface area contributed by atoms with Crippen molar-refractivity contribution in [2.24, 2.45) is 0 Å². The van der Waals surface area contributed by atoms with E-state index in [0.717, 1.165) is 32.3 Å². The fourth-order valence-corrected chi connectivity index (χ4v) is 3.72. The Morgan fingerprint density at radius 3 is 2.79 bits per heavy atom. The number of carbonyl (C=O) groups is 1. The first-order chi connectivity index (χ1) is 11.6. The number of benzene rings is 2. The second-order valence-electron chi connectivity index (χ2n) is 5.58. The minimum absolute atomic E-state index is 0.0124. The predicted octanol–water partition coefficient (Wildman–Crippen LogP) is 5.38. The lowest BCUT2D eigenvalue weighted by Crippen LogP contribution is -2.07. The summed E-state index contributed by atoms with van der Waals surface area (Å²) in [5.74, 6) is -1.10. The van der Waals surface area contributed by atoms with Gasteiger partial charge in [-0.15, -0.1) is 11.3 Å². The van der Waals surface area contributed by atoms with Crippen LogP contribution in [0.15, 0.2) is 54.0 Å². The number of nitrogens with zero attached hydrogens (tertiary/aromatic N) is 1. The smallest absolute Gasteiger partial charge is 0.304 e. The molecule has 1 aromatic heterocycles. The molecule has 2 aromatic carbocycles. The van der Waals surface area contributed by atoms with Gasteiger partial charge in [-0.05, 0) is 23.6 Å². The van der Waals surface area contributed by atoms with Gasteiger partial charge in [0, 0.05) is 23.1 Å². The zero-order valence-electron chi connectivity index (χ0n) is 13.1. The van der Waals surface area contributed by atoms with E-state index in [0.29, 0.717) is 0 Å².